The molecule has 0 aromatic rings. The quantitative estimate of drug-likeness (QED) is 0.511. The predicted molar refractivity (Wildman–Crippen MR) is 60.8 cm³/mol. The van der Waals surface area contributed by atoms with Gasteiger partial charge in [0.05, 0.1) is 20.1 Å². The van der Waals surface area contributed by atoms with Crippen LogP contribution in [0.5, 0.6) is 0 Å². The first kappa shape index (κ1) is 16.0. The Morgan fingerprint density at radius 2 is 1.53 bits per heavy atom. The van der Waals surface area contributed by atoms with E-state index in [-0.39, 0.29) is 12.8 Å². The minimum absolute atomic E-state index is 0.00969. The van der Waals surface area contributed by atoms with Crippen LogP contribution in [0, 0.1) is 11.8 Å². The highest BCUT2D eigenvalue weighted by Gasteiger charge is 2.29. The molecule has 17 heavy (non-hydrogen) atoms. The standard InChI is InChI=1S/C10H18O6P/c1-7(9(11)14-3)5-16-17(13)6-8(2)10(12)15-4/h7-8H,5-6H2,1-4H3/q+1. The van der Waals surface area contributed by atoms with Crippen molar-refractivity contribution in [2.75, 3.05) is 27.0 Å². The smallest absolute Gasteiger partial charge is 0.469 e. The fourth-order valence-corrected chi connectivity index (χ4v) is 2.11. The van der Waals surface area contributed by atoms with Crippen molar-refractivity contribution in [3.8, 4) is 0 Å². The molecule has 0 amide bonds. The molecule has 0 saturated heterocycles. The molecule has 0 radical (unpaired) electrons. The van der Waals surface area contributed by atoms with E-state index < -0.39 is 31.8 Å². The van der Waals surface area contributed by atoms with Gasteiger partial charge in [0.1, 0.15) is 12.5 Å². The molecular weight excluding hydrogens is 247 g/mol. The van der Waals surface area contributed by atoms with E-state index in [0.717, 1.165) is 0 Å². The summed E-state index contributed by atoms with van der Waals surface area (Å²) in [6.07, 6.45) is 0.0793. The molecule has 3 atom stereocenters. The van der Waals surface area contributed by atoms with Gasteiger partial charge in [0.15, 0.2) is 6.16 Å². The molecule has 0 bridgehead atoms. The summed E-state index contributed by atoms with van der Waals surface area (Å²) in [6, 6.07) is 0. The van der Waals surface area contributed by atoms with Crippen molar-refractivity contribution in [2.24, 2.45) is 11.8 Å². The molecule has 0 N–H and O–H groups in total. The number of hydrogen-bond acceptors (Lipinski definition) is 6. The van der Waals surface area contributed by atoms with Crippen LogP contribution in [0.1, 0.15) is 13.8 Å². The van der Waals surface area contributed by atoms with E-state index >= 15 is 0 Å². The number of rotatable bonds is 7. The molecule has 0 rings (SSSR count). The number of esters is 2. The zero-order valence-electron chi connectivity index (χ0n) is 10.5. The second kappa shape index (κ2) is 8.14. The van der Waals surface area contributed by atoms with Gasteiger partial charge in [-0.3, -0.25) is 9.59 Å². The number of carbonyl (C=O) groups excluding carboxylic acids is 2. The first-order chi connectivity index (χ1) is 7.92. The highest BCUT2D eigenvalue weighted by Crippen LogP contribution is 2.27. The summed E-state index contributed by atoms with van der Waals surface area (Å²) in [5.74, 6) is -1.82. The van der Waals surface area contributed by atoms with Gasteiger partial charge in [-0.1, -0.05) is 0 Å². The van der Waals surface area contributed by atoms with E-state index in [2.05, 4.69) is 9.47 Å². The summed E-state index contributed by atoms with van der Waals surface area (Å²) in [5, 5.41) is 0. The van der Waals surface area contributed by atoms with Gasteiger partial charge < -0.3 is 9.47 Å². The molecule has 6 nitrogen and oxygen atoms in total. The van der Waals surface area contributed by atoms with Crippen LogP contribution in [0.15, 0.2) is 0 Å². The van der Waals surface area contributed by atoms with Crippen molar-refractivity contribution in [3.63, 3.8) is 0 Å². The van der Waals surface area contributed by atoms with E-state index in [0.29, 0.717) is 0 Å². The molecule has 0 fully saturated rings. The summed E-state index contributed by atoms with van der Waals surface area (Å²) in [6.45, 7) is 3.22. The van der Waals surface area contributed by atoms with Crippen molar-refractivity contribution in [3.05, 3.63) is 0 Å². The van der Waals surface area contributed by atoms with Crippen molar-refractivity contribution < 1.29 is 28.2 Å². The average molecular weight is 265 g/mol. The molecule has 98 valence electrons. The fraction of sp³-hybridized carbons (Fsp3) is 0.800. The Labute approximate surface area is 101 Å². The predicted octanol–water partition coefficient (Wildman–Crippen LogP) is 1.36. The summed E-state index contributed by atoms with van der Waals surface area (Å²) in [4.78, 5) is 22.1. The van der Waals surface area contributed by atoms with Crippen LogP contribution in [0.3, 0.4) is 0 Å². The summed E-state index contributed by atoms with van der Waals surface area (Å²) >= 11 is 0. The lowest BCUT2D eigenvalue weighted by atomic mass is 10.2. The summed E-state index contributed by atoms with van der Waals surface area (Å²) in [7, 11) is 0.567. The van der Waals surface area contributed by atoms with Crippen LogP contribution in [0.25, 0.3) is 0 Å². The van der Waals surface area contributed by atoms with Gasteiger partial charge in [0, 0.05) is 0 Å². The van der Waals surface area contributed by atoms with Crippen LogP contribution < -0.4 is 0 Å². The SMILES string of the molecule is COC(=O)C(C)CO[P+](=O)CC(C)C(=O)OC. The lowest BCUT2D eigenvalue weighted by Gasteiger charge is -2.05. The van der Waals surface area contributed by atoms with Gasteiger partial charge in [-0.2, -0.15) is 0 Å². The van der Waals surface area contributed by atoms with Crippen LogP contribution >= 0.6 is 8.03 Å². The number of carbonyl (C=O) groups is 2. The molecule has 0 saturated carbocycles. The maximum Gasteiger partial charge on any atom is 0.508 e. The minimum atomic E-state index is -1.98. The number of ether oxygens (including phenoxy) is 2. The first-order valence-corrected chi connectivity index (χ1v) is 6.51. The Bertz CT molecular complexity index is 291. The van der Waals surface area contributed by atoms with Crippen molar-refractivity contribution in [2.45, 2.75) is 13.8 Å². The monoisotopic (exact) mass is 265 g/mol. The number of methoxy groups -OCH3 is 2. The maximum atomic E-state index is 11.5. The molecule has 0 spiro atoms. The molecular formula is C10H18O6P+. The third-order valence-electron chi connectivity index (χ3n) is 2.10. The van der Waals surface area contributed by atoms with Crippen molar-refractivity contribution >= 4 is 20.0 Å². The molecule has 0 heterocycles. The Kier molecular flexibility index (Phi) is 7.66. The van der Waals surface area contributed by atoms with Crippen LogP contribution in [0.2, 0.25) is 0 Å². The lowest BCUT2D eigenvalue weighted by molar-refractivity contribution is -0.146. The number of hydrogen-bond donors (Lipinski definition) is 0. The highest BCUT2D eigenvalue weighted by atomic mass is 31.1. The Morgan fingerprint density at radius 1 is 1.06 bits per heavy atom. The fourth-order valence-electron chi connectivity index (χ4n) is 1.02. The van der Waals surface area contributed by atoms with E-state index in [4.69, 9.17) is 4.52 Å². The lowest BCUT2D eigenvalue weighted by Crippen LogP contribution is -2.18. The maximum absolute atomic E-state index is 11.5. The Morgan fingerprint density at radius 3 is 2.00 bits per heavy atom. The zero-order chi connectivity index (χ0) is 13.4. The van der Waals surface area contributed by atoms with E-state index in [9.17, 15) is 14.2 Å². The minimum Gasteiger partial charge on any atom is -0.469 e. The molecule has 0 aliphatic rings. The third-order valence-corrected chi connectivity index (χ3v) is 3.38. The second-order valence-electron chi connectivity index (χ2n) is 3.66. The Balaban J connectivity index is 3.95. The van der Waals surface area contributed by atoms with Gasteiger partial charge in [-0.25, -0.2) is 0 Å². The zero-order valence-corrected chi connectivity index (χ0v) is 11.4. The van der Waals surface area contributed by atoms with E-state index in [1.807, 2.05) is 0 Å². The van der Waals surface area contributed by atoms with Gasteiger partial charge in [-0.05, 0) is 18.4 Å². The van der Waals surface area contributed by atoms with Crippen molar-refractivity contribution in [1.82, 2.24) is 0 Å². The Hall–Kier alpha value is -1.00. The molecule has 0 aliphatic carbocycles. The molecule has 0 aliphatic heterocycles. The van der Waals surface area contributed by atoms with Gasteiger partial charge in [0.2, 0.25) is 0 Å². The topological polar surface area (TPSA) is 78.9 Å². The van der Waals surface area contributed by atoms with Crippen molar-refractivity contribution in [1.29, 1.82) is 0 Å². The second-order valence-corrected chi connectivity index (χ2v) is 4.95. The van der Waals surface area contributed by atoms with Gasteiger partial charge in [0.25, 0.3) is 0 Å². The summed E-state index contributed by atoms with van der Waals surface area (Å²) in [5.41, 5.74) is 0. The van der Waals surface area contributed by atoms with Gasteiger partial charge in [-0.15, -0.1) is 4.52 Å². The van der Waals surface area contributed by atoms with E-state index in [1.54, 1.807) is 13.8 Å². The largest absolute Gasteiger partial charge is 0.508 e. The third kappa shape index (κ3) is 6.34. The molecule has 7 heteroatoms. The first-order valence-electron chi connectivity index (χ1n) is 5.15. The summed E-state index contributed by atoms with van der Waals surface area (Å²) < 4.78 is 25.4. The normalized spacial score (nSPS) is 14.7. The van der Waals surface area contributed by atoms with Crippen LogP contribution in [-0.2, 0) is 28.2 Å². The van der Waals surface area contributed by atoms with Crippen LogP contribution in [-0.4, -0.2) is 38.9 Å². The molecule has 0 aromatic heterocycles. The molecule has 0 aromatic carbocycles. The van der Waals surface area contributed by atoms with E-state index in [1.165, 1.54) is 14.2 Å². The van der Waals surface area contributed by atoms with Gasteiger partial charge >= 0.3 is 20.0 Å². The average Bonchev–Trinajstić information content (AvgIpc) is 2.33. The highest BCUT2D eigenvalue weighted by molar-refractivity contribution is 7.39. The molecule has 3 unspecified atom stereocenters. The van der Waals surface area contributed by atoms with Crippen LogP contribution in [0.4, 0.5) is 0 Å².